The summed E-state index contributed by atoms with van der Waals surface area (Å²) < 4.78 is 27.4. The summed E-state index contributed by atoms with van der Waals surface area (Å²) in [5.74, 6) is -0.225. The van der Waals surface area contributed by atoms with Crippen LogP contribution in [0.25, 0.3) is 0 Å². The van der Waals surface area contributed by atoms with Gasteiger partial charge in [-0.15, -0.1) is 0 Å². The zero-order valence-corrected chi connectivity index (χ0v) is 15.0. The Morgan fingerprint density at radius 2 is 1.46 bits per heavy atom. The molecule has 0 fully saturated rings. The van der Waals surface area contributed by atoms with E-state index in [0.717, 1.165) is 5.69 Å². The highest BCUT2D eigenvalue weighted by molar-refractivity contribution is 7.92. The maximum atomic E-state index is 12.7. The molecule has 0 saturated heterocycles. The fourth-order valence-electron chi connectivity index (χ4n) is 2.49. The number of nitrogens with one attached hydrogen (secondary N) is 1. The minimum Gasteiger partial charge on any atom is -0.311 e. The van der Waals surface area contributed by atoms with Gasteiger partial charge in [0.15, 0.2) is 0 Å². The van der Waals surface area contributed by atoms with Crippen molar-refractivity contribution in [3.05, 3.63) is 90.5 Å². The maximum absolute atomic E-state index is 12.7. The molecule has 0 atom stereocenters. The number of rotatable bonds is 5. The van der Waals surface area contributed by atoms with E-state index in [1.54, 1.807) is 43.4 Å². The van der Waals surface area contributed by atoms with Crippen molar-refractivity contribution < 1.29 is 13.2 Å². The standard InChI is InChI=1S/C20H18N2O3S/c1-22(18-11-4-2-5-12-18)20(23)16-9-8-10-17(15-16)21-26(24,25)19-13-6-3-7-14-19/h2-15,21H,1H3. The first-order chi connectivity index (χ1) is 12.5. The molecule has 0 unspecified atom stereocenters. The van der Waals surface area contributed by atoms with Gasteiger partial charge in [-0.1, -0.05) is 42.5 Å². The van der Waals surface area contributed by atoms with Crippen molar-refractivity contribution in [2.45, 2.75) is 4.90 Å². The number of anilines is 2. The Hall–Kier alpha value is -3.12. The van der Waals surface area contributed by atoms with Crippen molar-refractivity contribution in [3.63, 3.8) is 0 Å². The maximum Gasteiger partial charge on any atom is 0.261 e. The number of carbonyl (C=O) groups excluding carboxylic acids is 1. The molecule has 0 radical (unpaired) electrons. The van der Waals surface area contributed by atoms with Gasteiger partial charge in [0.05, 0.1) is 4.90 Å². The molecule has 0 aliphatic rings. The molecule has 6 heteroatoms. The first-order valence-corrected chi connectivity index (χ1v) is 9.47. The van der Waals surface area contributed by atoms with Crippen LogP contribution in [0.15, 0.2) is 89.8 Å². The highest BCUT2D eigenvalue weighted by Crippen LogP contribution is 2.20. The van der Waals surface area contributed by atoms with Crippen LogP contribution in [0.4, 0.5) is 11.4 Å². The van der Waals surface area contributed by atoms with E-state index >= 15 is 0 Å². The normalized spacial score (nSPS) is 11.0. The predicted molar refractivity (Wildman–Crippen MR) is 103 cm³/mol. The molecular formula is C20H18N2O3S. The molecule has 3 rings (SSSR count). The fourth-order valence-corrected chi connectivity index (χ4v) is 3.56. The van der Waals surface area contributed by atoms with Crippen LogP contribution in [0, 0.1) is 0 Å². The van der Waals surface area contributed by atoms with Crippen molar-refractivity contribution in [3.8, 4) is 0 Å². The molecule has 1 N–H and O–H groups in total. The van der Waals surface area contributed by atoms with Crippen LogP contribution in [0.1, 0.15) is 10.4 Å². The molecule has 0 saturated carbocycles. The lowest BCUT2D eigenvalue weighted by Crippen LogP contribution is -2.26. The molecule has 0 bridgehead atoms. The summed E-state index contributed by atoms with van der Waals surface area (Å²) in [7, 11) is -2.02. The molecule has 5 nitrogen and oxygen atoms in total. The van der Waals surface area contributed by atoms with E-state index in [1.807, 2.05) is 30.3 Å². The quantitative estimate of drug-likeness (QED) is 0.748. The molecule has 0 heterocycles. The second-order valence-electron chi connectivity index (χ2n) is 5.70. The van der Waals surface area contributed by atoms with Gasteiger partial charge in [-0.3, -0.25) is 9.52 Å². The number of hydrogen-bond acceptors (Lipinski definition) is 3. The Balaban J connectivity index is 1.84. The third kappa shape index (κ3) is 3.92. The van der Waals surface area contributed by atoms with Crippen LogP contribution in [0.2, 0.25) is 0 Å². The Morgan fingerprint density at radius 3 is 2.12 bits per heavy atom. The number of para-hydroxylation sites is 1. The molecule has 26 heavy (non-hydrogen) atoms. The van der Waals surface area contributed by atoms with E-state index in [2.05, 4.69) is 4.72 Å². The predicted octanol–water partition coefficient (Wildman–Crippen LogP) is 3.76. The fraction of sp³-hybridized carbons (Fsp3) is 0.0500. The van der Waals surface area contributed by atoms with E-state index in [-0.39, 0.29) is 10.8 Å². The van der Waals surface area contributed by atoms with Crippen molar-refractivity contribution in [1.82, 2.24) is 0 Å². The van der Waals surface area contributed by atoms with Gasteiger partial charge in [-0.05, 0) is 42.5 Å². The molecule has 3 aromatic rings. The van der Waals surface area contributed by atoms with Crippen LogP contribution < -0.4 is 9.62 Å². The average molecular weight is 366 g/mol. The monoisotopic (exact) mass is 366 g/mol. The topological polar surface area (TPSA) is 66.5 Å². The lowest BCUT2D eigenvalue weighted by molar-refractivity contribution is 0.0993. The first-order valence-electron chi connectivity index (χ1n) is 7.98. The van der Waals surface area contributed by atoms with E-state index in [1.165, 1.54) is 23.1 Å². The Bertz CT molecular complexity index is 1000. The second-order valence-corrected chi connectivity index (χ2v) is 7.38. The molecule has 0 aromatic heterocycles. The number of hydrogen-bond donors (Lipinski definition) is 1. The number of nitrogens with zero attached hydrogens (tertiary/aromatic N) is 1. The smallest absolute Gasteiger partial charge is 0.261 e. The minimum atomic E-state index is -3.70. The van der Waals surface area contributed by atoms with Crippen molar-refractivity contribution in [2.75, 3.05) is 16.7 Å². The summed E-state index contributed by atoms with van der Waals surface area (Å²) in [5, 5.41) is 0. The molecule has 3 aromatic carbocycles. The molecule has 0 aliphatic heterocycles. The second kappa shape index (κ2) is 7.41. The van der Waals surface area contributed by atoms with E-state index in [4.69, 9.17) is 0 Å². The van der Waals surface area contributed by atoms with Crippen LogP contribution in [0.3, 0.4) is 0 Å². The third-order valence-corrected chi connectivity index (χ3v) is 5.26. The number of sulfonamides is 1. The number of amides is 1. The van der Waals surface area contributed by atoms with Gasteiger partial charge in [-0.2, -0.15) is 0 Å². The third-order valence-electron chi connectivity index (χ3n) is 3.86. The highest BCUT2D eigenvalue weighted by Gasteiger charge is 2.16. The van der Waals surface area contributed by atoms with Crippen LogP contribution in [0.5, 0.6) is 0 Å². The number of benzene rings is 3. The van der Waals surface area contributed by atoms with Crippen molar-refractivity contribution >= 4 is 27.3 Å². The molecule has 1 amide bonds. The van der Waals surface area contributed by atoms with E-state index in [9.17, 15) is 13.2 Å². The summed E-state index contributed by atoms with van der Waals surface area (Å²) in [5.41, 5.74) is 1.48. The summed E-state index contributed by atoms with van der Waals surface area (Å²) >= 11 is 0. The number of carbonyl (C=O) groups is 1. The van der Waals surface area contributed by atoms with Crippen LogP contribution in [-0.4, -0.2) is 21.4 Å². The SMILES string of the molecule is CN(C(=O)c1cccc(NS(=O)(=O)c2ccccc2)c1)c1ccccc1. The zero-order chi connectivity index (χ0) is 18.6. The van der Waals surface area contributed by atoms with Crippen molar-refractivity contribution in [1.29, 1.82) is 0 Å². The first kappa shape index (κ1) is 17.7. The summed E-state index contributed by atoms with van der Waals surface area (Å²) in [6.45, 7) is 0. The Labute approximate surface area is 153 Å². The van der Waals surface area contributed by atoms with Gasteiger partial charge in [0.25, 0.3) is 15.9 Å². The summed E-state index contributed by atoms with van der Waals surface area (Å²) in [6.07, 6.45) is 0. The molecule has 0 aliphatic carbocycles. The van der Waals surface area contributed by atoms with Gasteiger partial charge in [0.1, 0.15) is 0 Å². The van der Waals surface area contributed by atoms with Crippen LogP contribution >= 0.6 is 0 Å². The minimum absolute atomic E-state index is 0.165. The van der Waals surface area contributed by atoms with Gasteiger partial charge >= 0.3 is 0 Å². The average Bonchev–Trinajstić information content (AvgIpc) is 2.68. The lowest BCUT2D eigenvalue weighted by atomic mass is 10.1. The van der Waals surface area contributed by atoms with Crippen LogP contribution in [-0.2, 0) is 10.0 Å². The molecule has 0 spiro atoms. The van der Waals surface area contributed by atoms with Gasteiger partial charge < -0.3 is 4.90 Å². The van der Waals surface area contributed by atoms with Gasteiger partial charge in [-0.25, -0.2) is 8.42 Å². The lowest BCUT2D eigenvalue weighted by Gasteiger charge is -2.18. The largest absolute Gasteiger partial charge is 0.311 e. The van der Waals surface area contributed by atoms with E-state index in [0.29, 0.717) is 11.3 Å². The summed E-state index contributed by atoms with van der Waals surface area (Å²) in [6, 6.07) is 23.8. The Morgan fingerprint density at radius 1 is 0.846 bits per heavy atom. The van der Waals surface area contributed by atoms with Gasteiger partial charge in [0, 0.05) is 24.0 Å². The highest BCUT2D eigenvalue weighted by atomic mass is 32.2. The molecule has 132 valence electrons. The van der Waals surface area contributed by atoms with E-state index < -0.39 is 10.0 Å². The summed E-state index contributed by atoms with van der Waals surface area (Å²) in [4.78, 5) is 14.4. The Kier molecular flexibility index (Phi) is 5.04. The molecular weight excluding hydrogens is 348 g/mol. The zero-order valence-electron chi connectivity index (χ0n) is 14.2. The van der Waals surface area contributed by atoms with Gasteiger partial charge in [0.2, 0.25) is 0 Å². The van der Waals surface area contributed by atoms with Crippen molar-refractivity contribution in [2.24, 2.45) is 0 Å².